The molecule has 1 heterocycles. The highest BCUT2D eigenvalue weighted by molar-refractivity contribution is 6.46. The Morgan fingerprint density at radius 3 is 2.44 bits per heavy atom. The van der Waals surface area contributed by atoms with Crippen LogP contribution in [0.3, 0.4) is 0 Å². The van der Waals surface area contributed by atoms with Crippen molar-refractivity contribution < 1.29 is 34.0 Å². The Kier molecular flexibility index (Phi) is 8.63. The molecule has 2 N–H and O–H groups in total. The molecule has 1 atom stereocenters. The number of aryl methyl sites for hydroxylation is 1. The molecule has 8 nitrogen and oxygen atoms in total. The van der Waals surface area contributed by atoms with E-state index in [1.165, 1.54) is 11.0 Å². The number of nitrogens with zero attached hydrogens (tertiary/aromatic N) is 1. The lowest BCUT2D eigenvalue weighted by atomic mass is 9.91. The number of methoxy groups -OCH3 is 2. The van der Waals surface area contributed by atoms with Crippen molar-refractivity contribution >= 4 is 17.4 Å². The Balaban J connectivity index is 2.24. The topological polar surface area (TPSA) is 106 Å². The van der Waals surface area contributed by atoms with Gasteiger partial charge in [-0.1, -0.05) is 19.9 Å². The van der Waals surface area contributed by atoms with Gasteiger partial charge in [0.1, 0.15) is 11.5 Å². The molecular weight excluding hydrogens is 462 g/mol. The molecule has 0 saturated carbocycles. The summed E-state index contributed by atoms with van der Waals surface area (Å²) in [6.45, 7) is 8.62. The van der Waals surface area contributed by atoms with E-state index in [9.17, 15) is 19.8 Å². The zero-order valence-corrected chi connectivity index (χ0v) is 21.8. The van der Waals surface area contributed by atoms with Gasteiger partial charge in [0, 0.05) is 25.8 Å². The first-order valence-electron chi connectivity index (χ1n) is 12.1. The lowest BCUT2D eigenvalue weighted by molar-refractivity contribution is -0.140. The van der Waals surface area contributed by atoms with Gasteiger partial charge in [-0.05, 0) is 67.1 Å². The van der Waals surface area contributed by atoms with Gasteiger partial charge in [0.2, 0.25) is 0 Å². The number of aromatic hydroxyl groups is 1. The number of benzene rings is 2. The monoisotopic (exact) mass is 497 g/mol. The molecule has 36 heavy (non-hydrogen) atoms. The Labute approximate surface area is 212 Å². The number of aliphatic hydroxyl groups excluding tert-OH is 1. The Morgan fingerprint density at radius 2 is 1.83 bits per heavy atom. The van der Waals surface area contributed by atoms with E-state index >= 15 is 0 Å². The molecule has 1 saturated heterocycles. The summed E-state index contributed by atoms with van der Waals surface area (Å²) in [6, 6.07) is 7.47. The Bertz CT molecular complexity index is 1170. The second kappa shape index (κ2) is 11.5. The molecule has 2 aromatic carbocycles. The predicted molar refractivity (Wildman–Crippen MR) is 137 cm³/mol. The van der Waals surface area contributed by atoms with Crippen LogP contribution in [0.2, 0.25) is 0 Å². The van der Waals surface area contributed by atoms with Crippen molar-refractivity contribution in [1.29, 1.82) is 0 Å². The van der Waals surface area contributed by atoms with Gasteiger partial charge in [-0.25, -0.2) is 0 Å². The van der Waals surface area contributed by atoms with Gasteiger partial charge in [0.05, 0.1) is 25.3 Å². The molecule has 8 heteroatoms. The minimum absolute atomic E-state index is 0.00599. The molecule has 0 bridgehead atoms. The van der Waals surface area contributed by atoms with Crippen molar-refractivity contribution in [2.45, 2.75) is 46.1 Å². The van der Waals surface area contributed by atoms with Crippen LogP contribution in [-0.4, -0.2) is 60.8 Å². The molecule has 1 fully saturated rings. The lowest BCUT2D eigenvalue weighted by Gasteiger charge is -2.26. The van der Waals surface area contributed by atoms with E-state index in [2.05, 4.69) is 0 Å². The quantitative estimate of drug-likeness (QED) is 0.212. The van der Waals surface area contributed by atoms with Gasteiger partial charge >= 0.3 is 0 Å². The molecule has 2 aromatic rings. The predicted octanol–water partition coefficient (Wildman–Crippen LogP) is 4.69. The van der Waals surface area contributed by atoms with E-state index in [4.69, 9.17) is 14.2 Å². The number of carbonyl (C=O) groups excluding carboxylic acids is 2. The molecule has 0 radical (unpaired) electrons. The molecule has 0 aliphatic carbocycles. The molecular formula is C28H35NO7. The molecule has 1 aliphatic rings. The second-order valence-corrected chi connectivity index (χ2v) is 9.06. The minimum Gasteiger partial charge on any atom is -0.507 e. The number of phenolic OH excluding ortho intramolecular Hbond substituents is 1. The van der Waals surface area contributed by atoms with Crippen LogP contribution >= 0.6 is 0 Å². The van der Waals surface area contributed by atoms with E-state index in [1.807, 2.05) is 32.9 Å². The maximum Gasteiger partial charge on any atom is 0.295 e. The van der Waals surface area contributed by atoms with E-state index in [0.717, 1.165) is 5.56 Å². The van der Waals surface area contributed by atoms with Gasteiger partial charge < -0.3 is 29.3 Å². The number of hydrogen-bond acceptors (Lipinski definition) is 7. The van der Waals surface area contributed by atoms with Crippen LogP contribution in [-0.2, 0) is 14.3 Å². The van der Waals surface area contributed by atoms with Crippen LogP contribution in [0, 0.1) is 6.92 Å². The van der Waals surface area contributed by atoms with Gasteiger partial charge in [-0.2, -0.15) is 0 Å². The average Bonchev–Trinajstić information content (AvgIpc) is 3.10. The summed E-state index contributed by atoms with van der Waals surface area (Å²) < 4.78 is 16.2. The van der Waals surface area contributed by atoms with E-state index in [0.29, 0.717) is 42.1 Å². The Morgan fingerprint density at radius 1 is 1.11 bits per heavy atom. The van der Waals surface area contributed by atoms with Crippen molar-refractivity contribution in [3.05, 3.63) is 58.2 Å². The van der Waals surface area contributed by atoms with Gasteiger partial charge in [0.25, 0.3) is 11.7 Å². The van der Waals surface area contributed by atoms with Crippen LogP contribution in [0.4, 0.5) is 0 Å². The lowest BCUT2D eigenvalue weighted by Crippen LogP contribution is -2.31. The number of ether oxygens (including phenoxy) is 3. The molecule has 0 aromatic heterocycles. The van der Waals surface area contributed by atoms with Crippen molar-refractivity contribution in [3.63, 3.8) is 0 Å². The summed E-state index contributed by atoms with van der Waals surface area (Å²) in [7, 11) is 3.16. The number of amides is 1. The zero-order valence-electron chi connectivity index (χ0n) is 21.8. The van der Waals surface area contributed by atoms with Gasteiger partial charge in [0.15, 0.2) is 11.5 Å². The zero-order chi connectivity index (χ0) is 26.6. The fourth-order valence-electron chi connectivity index (χ4n) is 4.53. The first-order chi connectivity index (χ1) is 17.2. The SMILES string of the molecule is CCOc1cc(C2/C(=C(\O)c3cc(C(C)C)c(OC)cc3C)C(=O)C(=O)N2CCCOC)ccc1O. The smallest absolute Gasteiger partial charge is 0.295 e. The minimum atomic E-state index is -0.856. The number of phenols is 1. The van der Waals surface area contributed by atoms with Crippen LogP contribution < -0.4 is 9.47 Å². The molecule has 0 spiro atoms. The first-order valence-corrected chi connectivity index (χ1v) is 12.1. The highest BCUT2D eigenvalue weighted by atomic mass is 16.5. The van der Waals surface area contributed by atoms with Crippen LogP contribution in [0.15, 0.2) is 35.9 Å². The number of hydrogen-bond donors (Lipinski definition) is 2. The summed E-state index contributed by atoms with van der Waals surface area (Å²) in [5.41, 5.74) is 2.58. The number of carbonyl (C=O) groups is 2. The third-order valence-corrected chi connectivity index (χ3v) is 6.34. The largest absolute Gasteiger partial charge is 0.507 e. The molecule has 1 aliphatic heterocycles. The fraction of sp³-hybridized carbons (Fsp3) is 0.429. The highest BCUT2D eigenvalue weighted by Crippen LogP contribution is 2.43. The van der Waals surface area contributed by atoms with Gasteiger partial charge in [-0.3, -0.25) is 9.59 Å². The molecule has 3 rings (SSSR count). The number of likely N-dealkylation sites (tertiary alicyclic amines) is 1. The summed E-state index contributed by atoms with van der Waals surface area (Å²) in [6.07, 6.45) is 0.509. The summed E-state index contributed by atoms with van der Waals surface area (Å²) in [5, 5.41) is 21.8. The third-order valence-electron chi connectivity index (χ3n) is 6.34. The number of Topliss-reactive ketones (excluding diaryl/α,β-unsaturated/α-hetero) is 1. The highest BCUT2D eigenvalue weighted by Gasteiger charge is 2.46. The normalized spacial score (nSPS) is 17.2. The summed E-state index contributed by atoms with van der Waals surface area (Å²) in [4.78, 5) is 27.9. The van der Waals surface area contributed by atoms with E-state index in [1.54, 1.807) is 33.3 Å². The molecule has 194 valence electrons. The Hall–Kier alpha value is -3.52. The van der Waals surface area contributed by atoms with Crippen molar-refractivity contribution in [2.75, 3.05) is 34.0 Å². The van der Waals surface area contributed by atoms with Crippen LogP contribution in [0.25, 0.3) is 5.76 Å². The fourth-order valence-corrected chi connectivity index (χ4v) is 4.53. The second-order valence-electron chi connectivity index (χ2n) is 9.06. The summed E-state index contributed by atoms with van der Waals surface area (Å²) >= 11 is 0. The van der Waals surface area contributed by atoms with Crippen LogP contribution in [0.1, 0.15) is 61.4 Å². The van der Waals surface area contributed by atoms with Gasteiger partial charge in [-0.15, -0.1) is 0 Å². The number of rotatable bonds is 10. The maximum absolute atomic E-state index is 13.3. The third kappa shape index (κ3) is 5.18. The maximum atomic E-state index is 13.3. The number of ketones is 1. The van der Waals surface area contributed by atoms with Crippen molar-refractivity contribution in [1.82, 2.24) is 4.90 Å². The molecule has 1 unspecified atom stereocenters. The summed E-state index contributed by atoms with van der Waals surface area (Å²) in [5.74, 6) is -0.729. The van der Waals surface area contributed by atoms with E-state index < -0.39 is 17.7 Å². The standard InChI is InChI=1S/C28H35NO7/c1-7-36-23-14-18(9-10-21(23)30)25-24(27(32)28(33)29(25)11-8-12-34-5)26(31)20-15-19(16(2)3)22(35-6)13-17(20)4/h9-10,13-16,25,30-31H,7-8,11-12H2,1-6H3/b26-24+. The van der Waals surface area contributed by atoms with Crippen molar-refractivity contribution in [3.8, 4) is 17.2 Å². The number of aliphatic hydroxyl groups is 1. The van der Waals surface area contributed by atoms with E-state index in [-0.39, 0.29) is 35.3 Å². The average molecular weight is 498 g/mol. The van der Waals surface area contributed by atoms with Crippen molar-refractivity contribution in [2.24, 2.45) is 0 Å². The molecule has 1 amide bonds. The van der Waals surface area contributed by atoms with Crippen LogP contribution in [0.5, 0.6) is 17.2 Å². The first kappa shape index (κ1) is 27.1.